The molecule has 1 heterocycles. The predicted octanol–water partition coefficient (Wildman–Crippen LogP) is 4.09. The molecule has 4 atom stereocenters. The first-order valence-corrected chi connectivity index (χ1v) is 9.86. The number of imide groups is 1. The van der Waals surface area contributed by atoms with Gasteiger partial charge in [-0.15, -0.1) is 0 Å². The van der Waals surface area contributed by atoms with E-state index in [1.165, 1.54) is 4.90 Å². The summed E-state index contributed by atoms with van der Waals surface area (Å²) in [7, 11) is 0. The van der Waals surface area contributed by atoms with Crippen molar-refractivity contribution >= 4 is 35.1 Å². The molecule has 28 heavy (non-hydrogen) atoms. The molecule has 0 N–H and O–H groups in total. The van der Waals surface area contributed by atoms with Crippen molar-refractivity contribution in [3.05, 3.63) is 59.1 Å². The number of halogens is 1. The van der Waals surface area contributed by atoms with Gasteiger partial charge in [-0.25, -0.2) is 4.79 Å². The zero-order valence-corrected chi connectivity index (χ0v) is 15.8. The monoisotopic (exact) mass is 395 g/mol. The van der Waals surface area contributed by atoms with Crippen LogP contribution in [0.25, 0.3) is 0 Å². The first kappa shape index (κ1) is 17.4. The summed E-state index contributed by atoms with van der Waals surface area (Å²) in [5.41, 5.74) is 0.724. The molecule has 1 aliphatic heterocycles. The minimum Gasteiger partial charge on any atom is -0.423 e. The fourth-order valence-electron chi connectivity index (χ4n) is 5.10. The van der Waals surface area contributed by atoms with Gasteiger partial charge in [-0.3, -0.25) is 14.5 Å². The van der Waals surface area contributed by atoms with E-state index in [4.69, 9.17) is 16.3 Å². The Balaban J connectivity index is 1.40. The van der Waals surface area contributed by atoms with Crippen LogP contribution in [0.1, 0.15) is 29.6 Å². The average molecular weight is 396 g/mol. The van der Waals surface area contributed by atoms with Gasteiger partial charge in [0.1, 0.15) is 5.75 Å². The Labute approximate surface area is 167 Å². The highest BCUT2D eigenvalue weighted by molar-refractivity contribution is 6.30. The number of nitrogens with zero attached hydrogens (tertiary/aromatic N) is 1. The number of hydrogen-bond donors (Lipinski definition) is 0. The maximum absolute atomic E-state index is 13.0. The number of ether oxygens (including phenoxy) is 1. The third kappa shape index (κ3) is 2.65. The van der Waals surface area contributed by atoms with Crippen molar-refractivity contribution in [2.75, 3.05) is 4.90 Å². The normalized spacial score (nSPS) is 28.0. The zero-order chi connectivity index (χ0) is 19.4. The van der Waals surface area contributed by atoms with E-state index in [-0.39, 0.29) is 29.2 Å². The van der Waals surface area contributed by atoms with Gasteiger partial charge in [0.05, 0.1) is 23.1 Å². The van der Waals surface area contributed by atoms with Gasteiger partial charge in [-0.2, -0.15) is 0 Å². The maximum Gasteiger partial charge on any atom is 0.343 e. The van der Waals surface area contributed by atoms with Crippen molar-refractivity contribution in [1.29, 1.82) is 0 Å². The largest absolute Gasteiger partial charge is 0.423 e. The van der Waals surface area contributed by atoms with Gasteiger partial charge in [-0.05, 0) is 73.6 Å². The van der Waals surface area contributed by atoms with Crippen LogP contribution >= 0.6 is 11.6 Å². The minimum absolute atomic E-state index is 0.120. The molecular weight excluding hydrogens is 378 g/mol. The summed E-state index contributed by atoms with van der Waals surface area (Å²) in [6.07, 6.45) is 3.06. The van der Waals surface area contributed by atoms with E-state index < -0.39 is 5.97 Å². The average Bonchev–Trinajstić information content (AvgIpc) is 3.37. The Kier molecular flexibility index (Phi) is 4.02. The van der Waals surface area contributed by atoms with Crippen molar-refractivity contribution in [1.82, 2.24) is 0 Å². The van der Waals surface area contributed by atoms with Gasteiger partial charge in [0.15, 0.2) is 0 Å². The highest BCUT2D eigenvalue weighted by Crippen LogP contribution is 2.56. The SMILES string of the molecule is O=C(Oc1ccc(Cl)cc1)c1cccc(N2C(=O)[C@H]3[C@H]4CC[C@@H](C4)[C@@H]3C2=O)c1. The van der Waals surface area contributed by atoms with E-state index in [1.54, 1.807) is 48.5 Å². The lowest BCUT2D eigenvalue weighted by Gasteiger charge is -2.19. The summed E-state index contributed by atoms with van der Waals surface area (Å²) in [4.78, 5) is 39.7. The molecule has 2 aliphatic carbocycles. The molecule has 0 aromatic heterocycles. The molecule has 142 valence electrons. The molecule has 2 bridgehead atoms. The number of carbonyl (C=O) groups excluding carboxylic acids is 3. The van der Waals surface area contributed by atoms with Crippen LogP contribution in [-0.4, -0.2) is 17.8 Å². The highest BCUT2D eigenvalue weighted by Gasteiger charge is 2.61. The smallest absolute Gasteiger partial charge is 0.343 e. The van der Waals surface area contributed by atoms with Crippen LogP contribution < -0.4 is 9.64 Å². The number of benzene rings is 2. The lowest BCUT2D eigenvalue weighted by Crippen LogP contribution is -2.32. The van der Waals surface area contributed by atoms with Crippen LogP contribution in [0.2, 0.25) is 5.02 Å². The zero-order valence-electron chi connectivity index (χ0n) is 15.0. The summed E-state index contributed by atoms with van der Waals surface area (Å²) in [6, 6.07) is 13.0. The molecule has 1 saturated heterocycles. The summed E-state index contributed by atoms with van der Waals surface area (Å²) in [6.45, 7) is 0. The number of anilines is 1. The second kappa shape index (κ2) is 6.45. The third-order valence-corrected chi connectivity index (χ3v) is 6.54. The first-order chi connectivity index (χ1) is 13.5. The van der Waals surface area contributed by atoms with Crippen molar-refractivity contribution in [2.24, 2.45) is 23.7 Å². The fourth-order valence-corrected chi connectivity index (χ4v) is 5.23. The molecule has 5 nitrogen and oxygen atoms in total. The molecule has 0 unspecified atom stereocenters. The van der Waals surface area contributed by atoms with Crippen LogP contribution in [-0.2, 0) is 9.59 Å². The van der Waals surface area contributed by atoms with Gasteiger partial charge < -0.3 is 4.74 Å². The quantitative estimate of drug-likeness (QED) is 0.446. The van der Waals surface area contributed by atoms with E-state index in [0.29, 0.717) is 28.3 Å². The first-order valence-electron chi connectivity index (χ1n) is 9.48. The van der Waals surface area contributed by atoms with Gasteiger partial charge in [0, 0.05) is 5.02 Å². The highest BCUT2D eigenvalue weighted by atomic mass is 35.5. The Morgan fingerprint density at radius 1 is 0.964 bits per heavy atom. The van der Waals surface area contributed by atoms with E-state index in [1.807, 2.05) is 0 Å². The Morgan fingerprint density at radius 2 is 1.61 bits per heavy atom. The molecule has 2 aromatic carbocycles. The van der Waals surface area contributed by atoms with E-state index >= 15 is 0 Å². The summed E-state index contributed by atoms with van der Waals surface area (Å²) in [5, 5.41) is 0.548. The molecule has 0 radical (unpaired) electrons. The van der Waals surface area contributed by atoms with Gasteiger partial charge in [0.25, 0.3) is 0 Å². The number of carbonyl (C=O) groups is 3. The van der Waals surface area contributed by atoms with Crippen molar-refractivity contribution in [3.8, 4) is 5.75 Å². The van der Waals surface area contributed by atoms with E-state index in [2.05, 4.69) is 0 Å². The molecule has 3 aliphatic rings. The number of hydrogen-bond acceptors (Lipinski definition) is 4. The summed E-state index contributed by atoms with van der Waals surface area (Å²) in [5.74, 6) is -0.130. The van der Waals surface area contributed by atoms with Crippen molar-refractivity contribution in [3.63, 3.8) is 0 Å². The standard InChI is InChI=1S/C22H18ClNO4/c23-15-6-8-17(9-7-15)28-22(27)14-2-1-3-16(11-14)24-20(25)18-12-4-5-13(10-12)19(18)21(24)26/h1-3,6-9,11-13,18-19H,4-5,10H2/t12-,13-,18-,19-/m0/s1. The minimum atomic E-state index is -0.552. The van der Waals surface area contributed by atoms with Crippen LogP contribution in [0.3, 0.4) is 0 Å². The van der Waals surface area contributed by atoms with Gasteiger partial charge >= 0.3 is 5.97 Å². The number of rotatable bonds is 3. The number of fused-ring (bicyclic) bond motifs is 5. The second-order valence-corrected chi connectivity index (χ2v) is 8.23. The summed E-state index contributed by atoms with van der Waals surface area (Å²) >= 11 is 5.84. The Bertz CT molecular complexity index is 958. The topological polar surface area (TPSA) is 63.7 Å². The fraction of sp³-hybridized carbons (Fsp3) is 0.318. The molecular formula is C22H18ClNO4. The molecule has 3 fully saturated rings. The molecule has 6 heteroatoms. The molecule has 2 saturated carbocycles. The molecule has 2 aromatic rings. The molecule has 2 amide bonds. The van der Waals surface area contributed by atoms with E-state index in [0.717, 1.165) is 19.3 Å². The van der Waals surface area contributed by atoms with Crippen molar-refractivity contribution in [2.45, 2.75) is 19.3 Å². The lowest BCUT2D eigenvalue weighted by molar-refractivity contribution is -0.123. The third-order valence-electron chi connectivity index (χ3n) is 6.29. The second-order valence-electron chi connectivity index (χ2n) is 7.79. The van der Waals surface area contributed by atoms with Crippen LogP contribution in [0.15, 0.2) is 48.5 Å². The molecule has 0 spiro atoms. The van der Waals surface area contributed by atoms with Crippen molar-refractivity contribution < 1.29 is 19.1 Å². The van der Waals surface area contributed by atoms with Crippen LogP contribution in [0.4, 0.5) is 5.69 Å². The summed E-state index contributed by atoms with van der Waals surface area (Å²) < 4.78 is 5.36. The van der Waals surface area contributed by atoms with Crippen LogP contribution in [0.5, 0.6) is 5.75 Å². The number of esters is 1. The number of amides is 2. The van der Waals surface area contributed by atoms with Crippen LogP contribution in [0, 0.1) is 23.7 Å². The van der Waals surface area contributed by atoms with E-state index in [9.17, 15) is 14.4 Å². The van der Waals surface area contributed by atoms with Gasteiger partial charge in [0.2, 0.25) is 11.8 Å². The lowest BCUT2D eigenvalue weighted by atomic mass is 9.81. The Morgan fingerprint density at radius 3 is 2.25 bits per heavy atom. The predicted molar refractivity (Wildman–Crippen MR) is 103 cm³/mol. The molecule has 5 rings (SSSR count). The maximum atomic E-state index is 13.0. The van der Waals surface area contributed by atoms with Gasteiger partial charge in [-0.1, -0.05) is 17.7 Å². The Hall–Kier alpha value is -2.66.